The van der Waals surface area contributed by atoms with E-state index >= 15 is 0 Å². The summed E-state index contributed by atoms with van der Waals surface area (Å²) in [6.45, 7) is 0. The Hall–Kier alpha value is -3.55. The van der Waals surface area contributed by atoms with E-state index < -0.39 is 6.04 Å². The fourth-order valence-electron chi connectivity index (χ4n) is 3.14. The maximum absolute atomic E-state index is 12.8. The van der Waals surface area contributed by atoms with Crippen LogP contribution < -0.4 is 10.6 Å². The summed E-state index contributed by atoms with van der Waals surface area (Å²) in [5.74, 6) is -0.607. The number of amides is 2. The SMILES string of the molecule is O=C(CC(NC(=O)c1ccccc1Cl)c1ccccc1)Nc1nc(-c2ccccn2)cs1. The van der Waals surface area contributed by atoms with Crippen molar-refractivity contribution in [2.45, 2.75) is 12.5 Å². The number of pyridine rings is 1. The van der Waals surface area contributed by atoms with Crippen LogP contribution >= 0.6 is 22.9 Å². The van der Waals surface area contributed by atoms with Gasteiger partial charge in [0.1, 0.15) is 5.69 Å². The molecule has 6 nitrogen and oxygen atoms in total. The second-order valence-electron chi connectivity index (χ2n) is 6.92. The fourth-order valence-corrected chi connectivity index (χ4v) is 4.08. The maximum Gasteiger partial charge on any atom is 0.253 e. The average Bonchev–Trinajstić information content (AvgIpc) is 3.28. The lowest BCUT2D eigenvalue weighted by Crippen LogP contribution is -2.31. The lowest BCUT2D eigenvalue weighted by atomic mass is 10.0. The Kier molecular flexibility index (Phi) is 6.89. The second kappa shape index (κ2) is 10.2. The first kappa shape index (κ1) is 21.7. The van der Waals surface area contributed by atoms with Crippen molar-refractivity contribution in [3.05, 3.63) is 101 Å². The van der Waals surface area contributed by atoms with Crippen molar-refractivity contribution >= 4 is 39.9 Å². The zero-order valence-corrected chi connectivity index (χ0v) is 18.4. The van der Waals surface area contributed by atoms with Gasteiger partial charge in [-0.2, -0.15) is 0 Å². The summed E-state index contributed by atoms with van der Waals surface area (Å²) in [6.07, 6.45) is 1.73. The number of benzene rings is 2. The summed E-state index contributed by atoms with van der Waals surface area (Å²) in [7, 11) is 0. The Balaban J connectivity index is 1.48. The zero-order chi connectivity index (χ0) is 22.3. The Morgan fingerprint density at radius 3 is 2.44 bits per heavy atom. The lowest BCUT2D eigenvalue weighted by molar-refractivity contribution is -0.116. The van der Waals surface area contributed by atoms with Gasteiger partial charge in [-0.1, -0.05) is 60.1 Å². The van der Waals surface area contributed by atoms with Crippen molar-refractivity contribution in [2.24, 2.45) is 0 Å². The molecule has 8 heteroatoms. The summed E-state index contributed by atoms with van der Waals surface area (Å²) >= 11 is 7.48. The fraction of sp³-hybridized carbons (Fsp3) is 0.0833. The molecular formula is C24H19ClN4O2S. The summed E-state index contributed by atoms with van der Waals surface area (Å²) in [5.41, 5.74) is 2.60. The first-order valence-corrected chi connectivity index (χ1v) is 11.1. The highest BCUT2D eigenvalue weighted by atomic mass is 35.5. The van der Waals surface area contributed by atoms with Crippen LogP contribution in [0.5, 0.6) is 0 Å². The highest BCUT2D eigenvalue weighted by Crippen LogP contribution is 2.25. The minimum Gasteiger partial charge on any atom is -0.345 e. The lowest BCUT2D eigenvalue weighted by Gasteiger charge is -2.19. The summed E-state index contributed by atoms with van der Waals surface area (Å²) in [5, 5.41) is 8.41. The van der Waals surface area contributed by atoms with Crippen LogP contribution in [0.1, 0.15) is 28.4 Å². The third kappa shape index (κ3) is 5.38. The van der Waals surface area contributed by atoms with Crippen LogP contribution in [-0.4, -0.2) is 21.8 Å². The molecule has 2 heterocycles. The molecule has 0 fully saturated rings. The van der Waals surface area contributed by atoms with Crippen molar-refractivity contribution in [3.8, 4) is 11.4 Å². The first-order valence-electron chi connectivity index (χ1n) is 9.87. The molecule has 0 saturated heterocycles. The van der Waals surface area contributed by atoms with Crippen LogP contribution in [0.2, 0.25) is 5.02 Å². The van der Waals surface area contributed by atoms with Crippen molar-refractivity contribution < 1.29 is 9.59 Å². The summed E-state index contributed by atoms with van der Waals surface area (Å²) < 4.78 is 0. The zero-order valence-electron chi connectivity index (χ0n) is 16.9. The van der Waals surface area contributed by atoms with Crippen LogP contribution in [0.4, 0.5) is 5.13 Å². The van der Waals surface area contributed by atoms with E-state index in [2.05, 4.69) is 20.6 Å². The van der Waals surface area contributed by atoms with Gasteiger partial charge in [0.05, 0.1) is 28.7 Å². The number of nitrogens with one attached hydrogen (secondary N) is 2. The number of anilines is 1. The van der Waals surface area contributed by atoms with Crippen LogP contribution in [0, 0.1) is 0 Å². The van der Waals surface area contributed by atoms with Crippen LogP contribution in [0.25, 0.3) is 11.4 Å². The summed E-state index contributed by atoms with van der Waals surface area (Å²) in [4.78, 5) is 34.3. The minimum absolute atomic E-state index is 0.0404. The van der Waals surface area contributed by atoms with E-state index in [9.17, 15) is 9.59 Å². The molecule has 2 aromatic carbocycles. The third-order valence-electron chi connectivity index (χ3n) is 4.69. The number of aromatic nitrogens is 2. The predicted molar refractivity (Wildman–Crippen MR) is 127 cm³/mol. The molecule has 1 atom stereocenters. The number of thiazole rings is 1. The number of rotatable bonds is 7. The van der Waals surface area contributed by atoms with E-state index in [0.717, 1.165) is 11.3 Å². The van der Waals surface area contributed by atoms with Gasteiger partial charge < -0.3 is 10.6 Å². The highest BCUT2D eigenvalue weighted by molar-refractivity contribution is 7.14. The molecule has 0 aliphatic rings. The molecule has 0 spiro atoms. The number of carbonyl (C=O) groups is 2. The normalized spacial score (nSPS) is 11.5. The van der Waals surface area contributed by atoms with E-state index in [1.54, 1.807) is 30.5 Å². The number of hydrogen-bond acceptors (Lipinski definition) is 5. The quantitative estimate of drug-likeness (QED) is 0.387. The number of hydrogen-bond donors (Lipinski definition) is 2. The molecule has 0 saturated carbocycles. The molecule has 4 aromatic rings. The van der Waals surface area contributed by atoms with Gasteiger partial charge in [-0.05, 0) is 29.8 Å². The van der Waals surface area contributed by atoms with E-state index in [1.807, 2.05) is 53.9 Å². The van der Waals surface area contributed by atoms with Crippen molar-refractivity contribution in [1.82, 2.24) is 15.3 Å². The molecule has 0 radical (unpaired) electrons. The van der Waals surface area contributed by atoms with Crippen LogP contribution in [0.15, 0.2) is 84.4 Å². The Morgan fingerprint density at radius 1 is 0.938 bits per heavy atom. The van der Waals surface area contributed by atoms with E-state index in [0.29, 0.717) is 21.4 Å². The molecule has 0 bridgehead atoms. The predicted octanol–water partition coefficient (Wildman–Crippen LogP) is 5.36. The highest BCUT2D eigenvalue weighted by Gasteiger charge is 2.21. The van der Waals surface area contributed by atoms with E-state index in [1.165, 1.54) is 11.3 Å². The van der Waals surface area contributed by atoms with Crippen molar-refractivity contribution in [2.75, 3.05) is 5.32 Å². The van der Waals surface area contributed by atoms with Gasteiger partial charge in [-0.3, -0.25) is 14.6 Å². The van der Waals surface area contributed by atoms with Gasteiger partial charge in [0.15, 0.2) is 5.13 Å². The molecule has 0 aliphatic heterocycles. The molecule has 2 aromatic heterocycles. The molecule has 2 N–H and O–H groups in total. The number of halogens is 1. The third-order valence-corrected chi connectivity index (χ3v) is 5.78. The second-order valence-corrected chi connectivity index (χ2v) is 8.19. The van der Waals surface area contributed by atoms with E-state index in [4.69, 9.17) is 11.6 Å². The standard InChI is InChI=1S/C24H19ClN4O2S/c25-18-11-5-4-10-17(18)23(31)27-20(16-8-2-1-3-9-16)14-22(30)29-24-28-21(15-32-24)19-12-6-7-13-26-19/h1-13,15,20H,14H2,(H,27,31)(H,28,29,30). The van der Waals surface area contributed by atoms with Crippen molar-refractivity contribution in [3.63, 3.8) is 0 Å². The smallest absolute Gasteiger partial charge is 0.253 e. The number of carbonyl (C=O) groups excluding carboxylic acids is 2. The minimum atomic E-state index is -0.532. The largest absolute Gasteiger partial charge is 0.345 e. The van der Waals surface area contributed by atoms with Crippen molar-refractivity contribution in [1.29, 1.82) is 0 Å². The molecule has 160 valence electrons. The van der Waals surface area contributed by atoms with Gasteiger partial charge in [0.2, 0.25) is 5.91 Å². The molecule has 2 amide bonds. The molecule has 1 unspecified atom stereocenters. The van der Waals surface area contributed by atoms with Gasteiger partial charge in [0, 0.05) is 11.6 Å². The Morgan fingerprint density at radius 2 is 1.69 bits per heavy atom. The molecule has 32 heavy (non-hydrogen) atoms. The summed E-state index contributed by atoms with van der Waals surface area (Å²) in [6, 6.07) is 21.2. The molecule has 4 rings (SSSR count). The maximum atomic E-state index is 12.8. The van der Waals surface area contributed by atoms with E-state index in [-0.39, 0.29) is 18.2 Å². The first-order chi connectivity index (χ1) is 15.6. The van der Waals surface area contributed by atoms with Gasteiger partial charge in [-0.25, -0.2) is 4.98 Å². The van der Waals surface area contributed by atoms with Gasteiger partial charge in [-0.15, -0.1) is 11.3 Å². The topological polar surface area (TPSA) is 84.0 Å². The van der Waals surface area contributed by atoms with Crippen LogP contribution in [-0.2, 0) is 4.79 Å². The van der Waals surface area contributed by atoms with Crippen LogP contribution in [0.3, 0.4) is 0 Å². The molecular weight excluding hydrogens is 444 g/mol. The Labute approximate surface area is 194 Å². The Bertz CT molecular complexity index is 1210. The molecule has 0 aliphatic carbocycles. The van der Waals surface area contributed by atoms with Gasteiger partial charge >= 0.3 is 0 Å². The number of nitrogens with zero attached hydrogens (tertiary/aromatic N) is 2. The monoisotopic (exact) mass is 462 g/mol. The van der Waals surface area contributed by atoms with Gasteiger partial charge in [0.25, 0.3) is 5.91 Å². The average molecular weight is 463 g/mol.